The number of hydrogen-bond donors (Lipinski definition) is 1. The smallest absolute Gasteiger partial charge is 0.161 e. The fraction of sp³-hybridized carbons (Fsp3) is 0.308. The molecule has 2 unspecified atom stereocenters. The third kappa shape index (κ3) is 1.86. The van der Waals surface area contributed by atoms with Gasteiger partial charge in [-0.2, -0.15) is 0 Å². The van der Waals surface area contributed by atoms with Crippen molar-refractivity contribution in [1.82, 2.24) is 9.97 Å². The van der Waals surface area contributed by atoms with Gasteiger partial charge < -0.3 is 14.5 Å². The Morgan fingerprint density at radius 3 is 2.94 bits per heavy atom. The molecule has 1 N–H and O–H groups in total. The SMILES string of the molecule is CC(c1ncc[nH]1)C1COc2ccccc2O1. The van der Waals surface area contributed by atoms with Crippen molar-refractivity contribution in [2.45, 2.75) is 18.9 Å². The van der Waals surface area contributed by atoms with Crippen LogP contribution in [-0.2, 0) is 0 Å². The highest BCUT2D eigenvalue weighted by Gasteiger charge is 2.28. The van der Waals surface area contributed by atoms with Crippen LogP contribution in [0.2, 0.25) is 0 Å². The molecule has 0 aliphatic carbocycles. The number of rotatable bonds is 2. The lowest BCUT2D eigenvalue weighted by atomic mass is 10.0. The summed E-state index contributed by atoms with van der Waals surface area (Å²) in [5, 5.41) is 0. The lowest BCUT2D eigenvalue weighted by molar-refractivity contribution is 0.0731. The second kappa shape index (κ2) is 4.13. The highest BCUT2D eigenvalue weighted by Crippen LogP contribution is 2.34. The Bertz CT molecular complexity index is 496. The molecular weight excluding hydrogens is 216 g/mol. The third-order valence-corrected chi connectivity index (χ3v) is 3.04. The Labute approximate surface area is 99.6 Å². The summed E-state index contributed by atoms with van der Waals surface area (Å²) in [6, 6.07) is 7.74. The van der Waals surface area contributed by atoms with Crippen molar-refractivity contribution in [3.8, 4) is 11.5 Å². The van der Waals surface area contributed by atoms with E-state index in [4.69, 9.17) is 9.47 Å². The standard InChI is InChI=1S/C13H14N2O2/c1-9(13-14-6-7-15-13)12-8-16-10-4-2-3-5-11(10)17-12/h2-7,9,12H,8H2,1H3,(H,14,15). The molecule has 0 saturated carbocycles. The zero-order valence-electron chi connectivity index (χ0n) is 9.59. The molecule has 1 aliphatic rings. The minimum absolute atomic E-state index is 0.00366. The van der Waals surface area contributed by atoms with E-state index in [9.17, 15) is 0 Å². The van der Waals surface area contributed by atoms with Gasteiger partial charge in [-0.3, -0.25) is 0 Å². The number of aromatic nitrogens is 2. The average Bonchev–Trinajstić information content (AvgIpc) is 2.91. The van der Waals surface area contributed by atoms with Crippen molar-refractivity contribution in [3.05, 3.63) is 42.5 Å². The maximum Gasteiger partial charge on any atom is 0.161 e. The van der Waals surface area contributed by atoms with E-state index in [0.29, 0.717) is 6.61 Å². The molecule has 4 nitrogen and oxygen atoms in total. The summed E-state index contributed by atoms with van der Waals surface area (Å²) in [5.41, 5.74) is 0. The molecule has 2 heterocycles. The van der Waals surface area contributed by atoms with E-state index in [1.54, 1.807) is 6.20 Å². The Kier molecular flexibility index (Phi) is 2.48. The van der Waals surface area contributed by atoms with Crippen LogP contribution in [0.5, 0.6) is 11.5 Å². The first-order valence-corrected chi connectivity index (χ1v) is 5.72. The van der Waals surface area contributed by atoms with Crippen LogP contribution in [0, 0.1) is 0 Å². The number of imidazole rings is 1. The molecule has 0 spiro atoms. The molecule has 1 aromatic heterocycles. The monoisotopic (exact) mass is 230 g/mol. The molecule has 0 amide bonds. The van der Waals surface area contributed by atoms with Gasteiger partial charge in [0.05, 0.1) is 5.92 Å². The molecule has 4 heteroatoms. The topological polar surface area (TPSA) is 47.1 Å². The highest BCUT2D eigenvalue weighted by molar-refractivity contribution is 5.40. The van der Waals surface area contributed by atoms with Gasteiger partial charge in [-0.05, 0) is 12.1 Å². The average molecular weight is 230 g/mol. The number of H-pyrrole nitrogens is 1. The minimum atomic E-state index is -0.00366. The van der Waals surface area contributed by atoms with Gasteiger partial charge >= 0.3 is 0 Å². The molecular formula is C13H14N2O2. The largest absolute Gasteiger partial charge is 0.486 e. The number of aromatic amines is 1. The van der Waals surface area contributed by atoms with Gasteiger partial charge in [0.25, 0.3) is 0 Å². The fourth-order valence-electron chi connectivity index (χ4n) is 1.98. The van der Waals surface area contributed by atoms with E-state index in [1.807, 2.05) is 30.5 Å². The Balaban J connectivity index is 1.80. The van der Waals surface area contributed by atoms with Crippen LogP contribution >= 0.6 is 0 Å². The molecule has 2 aromatic rings. The number of fused-ring (bicyclic) bond motifs is 1. The Morgan fingerprint density at radius 1 is 1.35 bits per heavy atom. The summed E-state index contributed by atoms with van der Waals surface area (Å²) < 4.78 is 11.6. The summed E-state index contributed by atoms with van der Waals surface area (Å²) in [5.74, 6) is 2.73. The second-order valence-corrected chi connectivity index (χ2v) is 4.18. The summed E-state index contributed by atoms with van der Waals surface area (Å²) in [7, 11) is 0. The molecule has 2 atom stereocenters. The van der Waals surface area contributed by atoms with Crippen molar-refractivity contribution in [2.75, 3.05) is 6.61 Å². The van der Waals surface area contributed by atoms with E-state index in [1.165, 1.54) is 0 Å². The van der Waals surface area contributed by atoms with Crippen molar-refractivity contribution >= 4 is 0 Å². The number of nitrogens with zero attached hydrogens (tertiary/aromatic N) is 1. The Hall–Kier alpha value is -1.97. The number of ether oxygens (including phenoxy) is 2. The molecule has 17 heavy (non-hydrogen) atoms. The third-order valence-electron chi connectivity index (χ3n) is 3.04. The van der Waals surface area contributed by atoms with Crippen LogP contribution in [-0.4, -0.2) is 22.7 Å². The zero-order chi connectivity index (χ0) is 11.7. The van der Waals surface area contributed by atoms with Crippen LogP contribution in [0.15, 0.2) is 36.7 Å². The van der Waals surface area contributed by atoms with Crippen LogP contribution in [0.1, 0.15) is 18.7 Å². The molecule has 88 valence electrons. The molecule has 1 aromatic carbocycles. The summed E-state index contributed by atoms with van der Waals surface area (Å²) in [4.78, 5) is 7.37. The van der Waals surface area contributed by atoms with Crippen LogP contribution in [0.25, 0.3) is 0 Å². The molecule has 0 saturated heterocycles. The molecule has 0 bridgehead atoms. The van der Waals surface area contributed by atoms with Crippen molar-refractivity contribution in [2.24, 2.45) is 0 Å². The predicted molar refractivity (Wildman–Crippen MR) is 63.4 cm³/mol. The number of nitrogens with one attached hydrogen (secondary N) is 1. The number of benzene rings is 1. The van der Waals surface area contributed by atoms with Gasteiger partial charge in [0.1, 0.15) is 18.5 Å². The maximum absolute atomic E-state index is 5.93. The van der Waals surface area contributed by atoms with Gasteiger partial charge in [0.2, 0.25) is 0 Å². The van der Waals surface area contributed by atoms with Gasteiger partial charge in [0, 0.05) is 12.4 Å². The number of hydrogen-bond acceptors (Lipinski definition) is 3. The van der Waals surface area contributed by atoms with E-state index >= 15 is 0 Å². The molecule has 3 rings (SSSR count). The molecule has 0 fully saturated rings. The van der Waals surface area contributed by atoms with Crippen LogP contribution in [0.3, 0.4) is 0 Å². The van der Waals surface area contributed by atoms with Crippen molar-refractivity contribution < 1.29 is 9.47 Å². The first-order chi connectivity index (χ1) is 8.34. The van der Waals surface area contributed by atoms with Crippen LogP contribution < -0.4 is 9.47 Å². The minimum Gasteiger partial charge on any atom is -0.486 e. The van der Waals surface area contributed by atoms with Crippen molar-refractivity contribution in [3.63, 3.8) is 0 Å². The van der Waals surface area contributed by atoms with Crippen molar-refractivity contribution in [1.29, 1.82) is 0 Å². The second-order valence-electron chi connectivity index (χ2n) is 4.18. The van der Waals surface area contributed by atoms with E-state index in [-0.39, 0.29) is 12.0 Å². The maximum atomic E-state index is 5.93. The lowest BCUT2D eigenvalue weighted by Crippen LogP contribution is -2.34. The van der Waals surface area contributed by atoms with E-state index in [0.717, 1.165) is 17.3 Å². The fourth-order valence-corrected chi connectivity index (χ4v) is 1.98. The van der Waals surface area contributed by atoms with E-state index in [2.05, 4.69) is 16.9 Å². The van der Waals surface area contributed by atoms with Gasteiger partial charge in [-0.25, -0.2) is 4.98 Å². The zero-order valence-corrected chi connectivity index (χ0v) is 9.59. The first-order valence-electron chi connectivity index (χ1n) is 5.72. The summed E-state index contributed by atoms with van der Waals surface area (Å²) >= 11 is 0. The van der Waals surface area contributed by atoms with Gasteiger partial charge in [-0.15, -0.1) is 0 Å². The first kappa shape index (κ1) is 10.2. The normalized spacial score (nSPS) is 19.9. The van der Waals surface area contributed by atoms with Gasteiger partial charge in [-0.1, -0.05) is 19.1 Å². The number of para-hydroxylation sites is 2. The van der Waals surface area contributed by atoms with Gasteiger partial charge in [0.15, 0.2) is 11.5 Å². The summed E-state index contributed by atoms with van der Waals surface area (Å²) in [6.07, 6.45) is 3.57. The van der Waals surface area contributed by atoms with E-state index < -0.39 is 0 Å². The lowest BCUT2D eigenvalue weighted by Gasteiger charge is -2.29. The Morgan fingerprint density at radius 2 is 2.18 bits per heavy atom. The summed E-state index contributed by atoms with van der Waals surface area (Å²) in [6.45, 7) is 2.64. The predicted octanol–water partition coefficient (Wildman–Crippen LogP) is 2.35. The highest BCUT2D eigenvalue weighted by atomic mass is 16.6. The van der Waals surface area contributed by atoms with Crippen LogP contribution in [0.4, 0.5) is 0 Å². The molecule has 1 aliphatic heterocycles. The quantitative estimate of drug-likeness (QED) is 0.861. The molecule has 0 radical (unpaired) electrons.